The fourth-order valence-corrected chi connectivity index (χ4v) is 5.87. The van der Waals surface area contributed by atoms with E-state index in [2.05, 4.69) is 16.9 Å². The maximum Gasteiger partial charge on any atom is 0.245 e. The van der Waals surface area contributed by atoms with Crippen LogP contribution in [0.15, 0.2) is 38.3 Å². The highest BCUT2D eigenvalue weighted by Gasteiger charge is 2.23. The van der Waals surface area contributed by atoms with Gasteiger partial charge in [-0.05, 0) is 30.5 Å². The third-order valence-corrected chi connectivity index (χ3v) is 7.43. The smallest absolute Gasteiger partial charge is 0.245 e. The number of hydrogen-bond acceptors (Lipinski definition) is 7. The van der Waals surface area contributed by atoms with Crippen molar-refractivity contribution >= 4 is 49.3 Å². The predicted octanol–water partition coefficient (Wildman–Crippen LogP) is 4.65. The molecule has 4 rings (SSSR count). The number of unbranched alkanes of at least 4 members (excludes halogenated alkanes) is 1. The van der Waals surface area contributed by atoms with Gasteiger partial charge in [0.05, 0.1) is 22.7 Å². The summed E-state index contributed by atoms with van der Waals surface area (Å²) in [7, 11) is -1.12. The van der Waals surface area contributed by atoms with Gasteiger partial charge in [0.1, 0.15) is 21.0 Å². The third kappa shape index (κ3) is 3.35. The van der Waals surface area contributed by atoms with Crippen LogP contribution in [0.4, 0.5) is 5.69 Å². The maximum atomic E-state index is 12.7. The summed E-state index contributed by atoms with van der Waals surface area (Å²) in [6.07, 6.45) is 7.65. The lowest BCUT2D eigenvalue weighted by Gasteiger charge is -2.07. The molecule has 0 aliphatic carbocycles. The number of aromatic nitrogens is 2. The van der Waals surface area contributed by atoms with Crippen molar-refractivity contribution in [3.05, 3.63) is 30.3 Å². The second kappa shape index (κ2) is 7.36. The number of nitrogen functional groups attached to an aromatic ring is 1. The molecule has 3 aromatic heterocycles. The Morgan fingerprint density at radius 2 is 2.26 bits per heavy atom. The molecule has 0 saturated carbocycles. The lowest BCUT2D eigenvalue weighted by atomic mass is 10.00. The van der Waals surface area contributed by atoms with Gasteiger partial charge in [-0.25, -0.2) is 9.97 Å². The van der Waals surface area contributed by atoms with Gasteiger partial charge in [0.2, 0.25) is 5.89 Å². The lowest BCUT2D eigenvalue weighted by molar-refractivity contribution is 0.572. The second-order valence-electron chi connectivity index (χ2n) is 6.47. The molecular formula is C19H20N4O2S2. The molecule has 2 N–H and O–H groups in total. The zero-order valence-electron chi connectivity index (χ0n) is 15.2. The molecule has 27 heavy (non-hydrogen) atoms. The van der Waals surface area contributed by atoms with Crippen molar-refractivity contribution in [2.75, 3.05) is 11.5 Å². The van der Waals surface area contributed by atoms with Crippen molar-refractivity contribution in [3.8, 4) is 11.6 Å². The van der Waals surface area contributed by atoms with Crippen LogP contribution in [0.5, 0.6) is 0 Å². The van der Waals surface area contributed by atoms with Crippen LogP contribution in [-0.4, -0.2) is 25.6 Å². The van der Waals surface area contributed by atoms with Gasteiger partial charge in [0.15, 0.2) is 0 Å². The molecule has 1 aliphatic heterocycles. The van der Waals surface area contributed by atoms with Crippen LogP contribution >= 0.6 is 11.3 Å². The Labute approximate surface area is 163 Å². The molecule has 1 unspecified atom stereocenters. The van der Waals surface area contributed by atoms with Crippen LogP contribution in [0.3, 0.4) is 0 Å². The normalized spacial score (nSPS) is 15.2. The van der Waals surface area contributed by atoms with Gasteiger partial charge in [-0.2, -0.15) is 0 Å². The lowest BCUT2D eigenvalue weighted by Crippen LogP contribution is -1.99. The van der Waals surface area contributed by atoms with Gasteiger partial charge < -0.3 is 10.2 Å². The summed E-state index contributed by atoms with van der Waals surface area (Å²) in [5, 5.41) is 0.853. The minimum Gasteiger partial charge on any atom is -0.443 e. The fourth-order valence-electron chi connectivity index (χ4n) is 3.07. The van der Waals surface area contributed by atoms with Crippen LogP contribution in [0.1, 0.15) is 38.7 Å². The summed E-state index contributed by atoms with van der Waals surface area (Å²) in [5.74, 6) is 1.07. The van der Waals surface area contributed by atoms with Crippen molar-refractivity contribution in [1.82, 2.24) is 9.97 Å². The largest absolute Gasteiger partial charge is 0.443 e. The van der Waals surface area contributed by atoms with Gasteiger partial charge in [0.25, 0.3) is 0 Å². The number of nitrogens with two attached hydrogens (primary N) is 1. The quantitative estimate of drug-likeness (QED) is 0.650. The molecule has 0 spiro atoms. The van der Waals surface area contributed by atoms with E-state index >= 15 is 0 Å². The first-order chi connectivity index (χ1) is 13.1. The van der Waals surface area contributed by atoms with Gasteiger partial charge in [-0.1, -0.05) is 13.3 Å². The summed E-state index contributed by atoms with van der Waals surface area (Å²) in [5.41, 5.74) is 10.7. The first-order valence-corrected chi connectivity index (χ1v) is 11.0. The summed E-state index contributed by atoms with van der Waals surface area (Å²) in [6, 6.07) is 1.94. The van der Waals surface area contributed by atoms with Crippen LogP contribution in [-0.2, 0) is 10.8 Å². The van der Waals surface area contributed by atoms with E-state index in [9.17, 15) is 4.21 Å². The van der Waals surface area contributed by atoms with Gasteiger partial charge >= 0.3 is 0 Å². The number of oxazole rings is 1. The van der Waals surface area contributed by atoms with Gasteiger partial charge in [-0.3, -0.25) is 9.20 Å². The maximum absolute atomic E-state index is 12.7. The monoisotopic (exact) mass is 400 g/mol. The summed E-state index contributed by atoms with van der Waals surface area (Å²) in [4.78, 5) is 14.1. The average Bonchev–Trinajstić information content (AvgIpc) is 3.39. The topological polar surface area (TPSA) is 94.4 Å². The van der Waals surface area contributed by atoms with Crippen molar-refractivity contribution in [3.63, 3.8) is 0 Å². The molecule has 0 fully saturated rings. The van der Waals surface area contributed by atoms with Gasteiger partial charge in [0, 0.05) is 29.5 Å². The van der Waals surface area contributed by atoms with E-state index in [0.29, 0.717) is 27.2 Å². The number of hydrogen-bond donors (Lipinski definition) is 1. The van der Waals surface area contributed by atoms with Crippen LogP contribution in [0, 0.1) is 0 Å². The first kappa shape index (κ1) is 18.1. The Kier molecular flexibility index (Phi) is 4.92. The highest BCUT2D eigenvalue weighted by Crippen LogP contribution is 2.42. The van der Waals surface area contributed by atoms with Crippen LogP contribution in [0.2, 0.25) is 0 Å². The number of nitrogens with zero attached hydrogens (tertiary/aromatic N) is 3. The molecule has 140 valence electrons. The number of anilines is 1. The Morgan fingerprint density at radius 3 is 2.93 bits per heavy atom. The van der Waals surface area contributed by atoms with E-state index in [0.717, 1.165) is 46.3 Å². The molecule has 1 aliphatic rings. The number of pyridine rings is 1. The van der Waals surface area contributed by atoms with Crippen molar-refractivity contribution < 1.29 is 8.63 Å². The molecule has 1 atom stereocenters. The standard InChI is InChI=1S/C19H20N4O2S2/c1-3-4-7-27(24)19-16(20)15-13(12-8-11(2)22-10-12)9-14(23-18(15)26-19)17-21-5-6-25-17/h5-6,9-10H,3-4,7-8,20H2,1-2H3. The minimum atomic E-state index is -1.12. The Hall–Kier alpha value is -2.32. The number of rotatable bonds is 6. The van der Waals surface area contributed by atoms with E-state index in [1.807, 2.05) is 19.2 Å². The molecule has 3 aromatic rings. The molecule has 0 saturated heterocycles. The summed E-state index contributed by atoms with van der Waals surface area (Å²) < 4.78 is 18.9. The summed E-state index contributed by atoms with van der Waals surface area (Å²) in [6.45, 7) is 4.09. The zero-order chi connectivity index (χ0) is 19.0. The SMILES string of the molecule is CCCCS(=O)c1sc2nc(-c3ncco3)cc(C3=CN=C(C)C3)c2c1N. The highest BCUT2D eigenvalue weighted by molar-refractivity contribution is 7.87. The van der Waals surface area contributed by atoms with E-state index in [-0.39, 0.29) is 0 Å². The fraction of sp³-hybridized carbons (Fsp3) is 0.316. The van der Waals surface area contributed by atoms with E-state index in [1.54, 1.807) is 6.20 Å². The second-order valence-corrected chi connectivity index (χ2v) is 9.24. The zero-order valence-corrected chi connectivity index (χ0v) is 16.8. The first-order valence-electron chi connectivity index (χ1n) is 8.82. The molecule has 0 amide bonds. The molecule has 4 heterocycles. The van der Waals surface area contributed by atoms with Crippen LogP contribution in [0.25, 0.3) is 27.4 Å². The Bertz CT molecular complexity index is 1080. The number of allylic oxidation sites excluding steroid dienone is 1. The molecule has 0 radical (unpaired) electrons. The van der Waals surface area contributed by atoms with E-state index in [4.69, 9.17) is 15.1 Å². The molecule has 0 aromatic carbocycles. The minimum absolute atomic E-state index is 0.454. The molecular weight excluding hydrogens is 380 g/mol. The van der Waals surface area contributed by atoms with Crippen molar-refractivity contribution in [2.45, 2.75) is 37.3 Å². The number of thiophene rings is 1. The number of fused-ring (bicyclic) bond motifs is 1. The van der Waals surface area contributed by atoms with Crippen LogP contribution < -0.4 is 5.73 Å². The third-order valence-electron chi connectivity index (χ3n) is 4.44. The molecule has 8 heteroatoms. The Morgan fingerprint density at radius 1 is 1.41 bits per heavy atom. The highest BCUT2D eigenvalue weighted by atomic mass is 32.2. The molecule has 6 nitrogen and oxygen atoms in total. The van der Waals surface area contributed by atoms with Crippen molar-refractivity contribution in [2.24, 2.45) is 4.99 Å². The van der Waals surface area contributed by atoms with Crippen molar-refractivity contribution in [1.29, 1.82) is 0 Å². The average molecular weight is 401 g/mol. The Balaban J connectivity index is 1.89. The van der Waals surface area contributed by atoms with Gasteiger partial charge in [-0.15, -0.1) is 11.3 Å². The van der Waals surface area contributed by atoms with E-state index < -0.39 is 10.8 Å². The molecule has 0 bridgehead atoms. The predicted molar refractivity (Wildman–Crippen MR) is 111 cm³/mol. The van der Waals surface area contributed by atoms with E-state index in [1.165, 1.54) is 17.6 Å². The number of aliphatic imine (C=N–C) groups is 1. The summed E-state index contributed by atoms with van der Waals surface area (Å²) >= 11 is 1.40.